The average molecular weight is 463 g/mol. The van der Waals surface area contributed by atoms with Gasteiger partial charge in [-0.2, -0.15) is 13.5 Å². The lowest BCUT2D eigenvalue weighted by Crippen LogP contribution is -2.19. The Morgan fingerprint density at radius 1 is 1.03 bits per heavy atom. The van der Waals surface area contributed by atoms with E-state index in [9.17, 15) is 13.2 Å². The summed E-state index contributed by atoms with van der Waals surface area (Å²) in [6.45, 7) is 3.23. The van der Waals surface area contributed by atoms with E-state index in [1.54, 1.807) is 30.5 Å². The molecule has 5 rings (SSSR count). The van der Waals surface area contributed by atoms with Crippen LogP contribution < -0.4 is 4.18 Å². The van der Waals surface area contributed by atoms with Gasteiger partial charge in [-0.3, -0.25) is 14.5 Å². The molecular formula is C24H22N4O4S. The van der Waals surface area contributed by atoms with Crippen LogP contribution in [0.25, 0.3) is 22.2 Å². The molecule has 1 aliphatic rings. The molecule has 2 aromatic carbocycles. The van der Waals surface area contributed by atoms with Crippen LogP contribution in [0.4, 0.5) is 0 Å². The lowest BCUT2D eigenvalue weighted by molar-refractivity contribution is 0.103. The molecule has 0 unspecified atom stereocenters. The van der Waals surface area contributed by atoms with Crippen LogP contribution in [0.3, 0.4) is 0 Å². The third-order valence-corrected chi connectivity index (χ3v) is 6.95. The van der Waals surface area contributed by atoms with Crippen LogP contribution in [-0.2, 0) is 16.7 Å². The van der Waals surface area contributed by atoms with Gasteiger partial charge in [0, 0.05) is 35.5 Å². The van der Waals surface area contributed by atoms with Crippen molar-refractivity contribution in [1.29, 1.82) is 0 Å². The van der Waals surface area contributed by atoms with Crippen LogP contribution in [0, 0.1) is 6.92 Å². The topological polar surface area (TPSA) is 94.4 Å². The highest BCUT2D eigenvalue weighted by molar-refractivity contribution is 7.87. The molecule has 0 aliphatic heterocycles. The first-order chi connectivity index (χ1) is 15.8. The van der Waals surface area contributed by atoms with E-state index in [0.29, 0.717) is 28.8 Å². The van der Waals surface area contributed by atoms with Crippen molar-refractivity contribution < 1.29 is 17.4 Å². The molecule has 0 saturated carbocycles. The second kappa shape index (κ2) is 7.79. The van der Waals surface area contributed by atoms with Crippen molar-refractivity contribution in [3.05, 3.63) is 71.5 Å². The van der Waals surface area contributed by atoms with Gasteiger partial charge in [-0.1, -0.05) is 17.7 Å². The second-order valence-corrected chi connectivity index (χ2v) is 9.86. The number of carbonyl (C=O) groups excluding carboxylic acids is 1. The van der Waals surface area contributed by atoms with Crippen LogP contribution >= 0.6 is 0 Å². The molecular weight excluding hydrogens is 440 g/mol. The highest BCUT2D eigenvalue weighted by Crippen LogP contribution is 2.42. The maximum Gasteiger partial charge on any atom is 0.339 e. The molecule has 2 aromatic heterocycles. The molecule has 2 heterocycles. The number of nitrogens with zero attached hydrogens (tertiary/aromatic N) is 4. The molecule has 0 amide bonds. The molecule has 4 aromatic rings. The predicted molar refractivity (Wildman–Crippen MR) is 124 cm³/mol. The van der Waals surface area contributed by atoms with E-state index in [2.05, 4.69) is 4.98 Å². The van der Waals surface area contributed by atoms with E-state index in [1.165, 1.54) is 24.4 Å². The van der Waals surface area contributed by atoms with Crippen molar-refractivity contribution in [3.63, 3.8) is 0 Å². The number of ketones is 1. The zero-order valence-electron chi connectivity index (χ0n) is 18.4. The number of hydrogen-bond acceptors (Lipinski definition) is 7. The summed E-state index contributed by atoms with van der Waals surface area (Å²) in [5, 5.41) is 5.35. The average Bonchev–Trinajstić information content (AvgIpc) is 3.16. The van der Waals surface area contributed by atoms with E-state index in [4.69, 9.17) is 9.28 Å². The summed E-state index contributed by atoms with van der Waals surface area (Å²) in [6.07, 6.45) is 3.15. The van der Waals surface area contributed by atoms with Crippen molar-refractivity contribution in [3.8, 4) is 17.0 Å². The van der Waals surface area contributed by atoms with Gasteiger partial charge in [0.05, 0.1) is 17.6 Å². The molecule has 0 fully saturated rings. The molecule has 9 heteroatoms. The van der Waals surface area contributed by atoms with Gasteiger partial charge >= 0.3 is 10.1 Å². The van der Waals surface area contributed by atoms with Gasteiger partial charge in [-0.25, -0.2) is 0 Å². The summed E-state index contributed by atoms with van der Waals surface area (Å²) >= 11 is 0. The smallest absolute Gasteiger partial charge is 0.339 e. The Bertz CT molecular complexity index is 1510. The molecule has 8 nitrogen and oxygen atoms in total. The molecule has 0 saturated heterocycles. The minimum atomic E-state index is -4.13. The third kappa shape index (κ3) is 3.59. The fraction of sp³-hybridized carbons (Fsp3) is 0.208. The second-order valence-electron chi connectivity index (χ2n) is 8.31. The zero-order valence-corrected chi connectivity index (χ0v) is 19.3. The Morgan fingerprint density at radius 3 is 2.52 bits per heavy atom. The normalized spacial score (nSPS) is 12.9. The van der Waals surface area contributed by atoms with Crippen molar-refractivity contribution in [2.45, 2.75) is 18.4 Å². The Morgan fingerprint density at radius 2 is 1.79 bits per heavy atom. The summed E-state index contributed by atoms with van der Waals surface area (Å²) < 4.78 is 33.3. The van der Waals surface area contributed by atoms with Gasteiger partial charge in [-0.15, -0.1) is 0 Å². The minimum absolute atomic E-state index is 0.0102. The van der Waals surface area contributed by atoms with Gasteiger partial charge in [0.2, 0.25) is 0 Å². The summed E-state index contributed by atoms with van der Waals surface area (Å²) in [5.41, 5.74) is 3.51. The highest BCUT2D eigenvalue weighted by Gasteiger charge is 2.33. The number of benzene rings is 2. The summed E-state index contributed by atoms with van der Waals surface area (Å²) in [4.78, 5) is 19.7. The number of rotatable bonds is 6. The van der Waals surface area contributed by atoms with Gasteiger partial charge in [-0.05, 0) is 51.4 Å². The van der Waals surface area contributed by atoms with E-state index in [-0.39, 0.29) is 22.0 Å². The highest BCUT2D eigenvalue weighted by atomic mass is 32.2. The number of likely N-dealkylation sites (N-methyl/N-ethyl adjacent to an activating group) is 1. The SMILES string of the molecule is Cc1ccc(S(=O)(=O)Oc2ccc3c4c(nn3CCN(C)C)-c3cnccc3C(=O)c24)cc1. The summed E-state index contributed by atoms with van der Waals surface area (Å²) in [5.74, 6) is -0.323. The molecule has 0 atom stereocenters. The molecule has 0 spiro atoms. The molecule has 0 bridgehead atoms. The monoisotopic (exact) mass is 462 g/mol. The molecule has 168 valence electrons. The van der Waals surface area contributed by atoms with Crippen LogP contribution in [-0.4, -0.2) is 54.5 Å². The van der Waals surface area contributed by atoms with Crippen molar-refractivity contribution >= 4 is 26.8 Å². The van der Waals surface area contributed by atoms with Crippen LogP contribution in [0.5, 0.6) is 5.75 Å². The number of pyridine rings is 1. The Hall–Kier alpha value is -3.56. The number of aromatic nitrogens is 3. The van der Waals surface area contributed by atoms with Crippen molar-refractivity contribution in [2.75, 3.05) is 20.6 Å². The first-order valence-corrected chi connectivity index (χ1v) is 11.9. The quantitative estimate of drug-likeness (QED) is 0.358. The van der Waals surface area contributed by atoms with Crippen LogP contribution in [0.1, 0.15) is 21.5 Å². The maximum absolute atomic E-state index is 13.5. The number of fused-ring (bicyclic) bond motifs is 2. The van der Waals surface area contributed by atoms with E-state index in [1.807, 2.05) is 30.6 Å². The van der Waals surface area contributed by atoms with Crippen LogP contribution in [0.2, 0.25) is 0 Å². The fourth-order valence-electron chi connectivity index (χ4n) is 3.99. The van der Waals surface area contributed by atoms with Crippen molar-refractivity contribution in [1.82, 2.24) is 19.7 Å². The van der Waals surface area contributed by atoms with Gasteiger partial charge in [0.1, 0.15) is 10.6 Å². The first-order valence-electron chi connectivity index (χ1n) is 10.4. The standard InChI is InChI=1S/C24H22N4O4S/c1-15-4-6-16(7-5-15)33(30,31)32-20-9-8-19-21-22(20)24(29)17-10-11-25-14-18(17)23(21)26-28(19)13-12-27(2)3/h4-11,14H,12-13H2,1-3H3. The lowest BCUT2D eigenvalue weighted by atomic mass is 9.88. The molecule has 33 heavy (non-hydrogen) atoms. The third-order valence-electron chi connectivity index (χ3n) is 5.70. The largest absolute Gasteiger partial charge is 0.378 e. The van der Waals surface area contributed by atoms with E-state index >= 15 is 0 Å². The van der Waals surface area contributed by atoms with Gasteiger partial charge in [0.25, 0.3) is 0 Å². The minimum Gasteiger partial charge on any atom is -0.378 e. The lowest BCUT2D eigenvalue weighted by Gasteiger charge is -2.17. The molecule has 1 aliphatic carbocycles. The first kappa shape index (κ1) is 21.3. The Kier molecular flexibility index (Phi) is 5.02. The predicted octanol–water partition coefficient (Wildman–Crippen LogP) is 3.28. The van der Waals surface area contributed by atoms with E-state index in [0.717, 1.165) is 17.6 Å². The summed E-state index contributed by atoms with van der Waals surface area (Å²) in [7, 11) is -0.188. The van der Waals surface area contributed by atoms with Crippen molar-refractivity contribution in [2.24, 2.45) is 0 Å². The fourth-order valence-corrected chi connectivity index (χ4v) is 4.93. The van der Waals surface area contributed by atoms with E-state index < -0.39 is 10.1 Å². The van der Waals surface area contributed by atoms with Crippen LogP contribution in [0.15, 0.2) is 59.8 Å². The van der Waals surface area contributed by atoms with Gasteiger partial charge < -0.3 is 9.08 Å². The summed E-state index contributed by atoms with van der Waals surface area (Å²) in [6, 6.07) is 11.3. The molecule has 0 N–H and O–H groups in total. The van der Waals surface area contributed by atoms with Gasteiger partial charge in [0.15, 0.2) is 11.5 Å². The Balaban J connectivity index is 1.69. The number of aryl methyl sites for hydroxylation is 1. The number of hydrogen-bond donors (Lipinski definition) is 0. The Labute approximate surface area is 191 Å². The number of carbonyl (C=O) groups is 1. The maximum atomic E-state index is 13.5. The molecule has 0 radical (unpaired) electrons. The zero-order chi connectivity index (χ0) is 23.3.